The van der Waals surface area contributed by atoms with Crippen LogP contribution < -0.4 is 0 Å². The number of amides is 1. The molecule has 0 heterocycles. The van der Waals surface area contributed by atoms with Gasteiger partial charge in [0.25, 0.3) is 0 Å². The van der Waals surface area contributed by atoms with Gasteiger partial charge >= 0.3 is 5.97 Å². The molecule has 4 rings (SSSR count). The normalized spacial score (nSPS) is 36.9. The summed E-state index contributed by atoms with van der Waals surface area (Å²) >= 11 is 1.50. The number of hydrogen-bond acceptors (Lipinski definition) is 7. The van der Waals surface area contributed by atoms with Crippen LogP contribution in [0, 0.1) is 28.6 Å². The zero-order chi connectivity index (χ0) is 28.6. The predicted octanol–water partition coefficient (Wildman–Crippen LogP) is 3.40. The number of aliphatic hydroxyl groups is 2. The maximum atomic E-state index is 13.5. The molecule has 1 amide bonds. The molecule has 0 saturated heterocycles. The van der Waals surface area contributed by atoms with Gasteiger partial charge in [-0.2, -0.15) is 11.8 Å². The van der Waals surface area contributed by atoms with Gasteiger partial charge in [-0.05, 0) is 74.7 Å². The van der Waals surface area contributed by atoms with E-state index in [2.05, 4.69) is 6.92 Å². The smallest absolute Gasteiger partial charge is 0.323 e. The van der Waals surface area contributed by atoms with E-state index in [1.807, 2.05) is 13.0 Å². The van der Waals surface area contributed by atoms with Gasteiger partial charge in [-0.25, -0.2) is 0 Å². The van der Waals surface area contributed by atoms with Crippen LogP contribution >= 0.6 is 11.8 Å². The second kappa shape index (κ2) is 11.5. The molecule has 0 aromatic rings. The highest BCUT2D eigenvalue weighted by Gasteiger charge is 2.67. The number of nitrogens with zero attached hydrogens (tertiary/aromatic N) is 1. The minimum Gasteiger partial charge on any atom is -0.480 e. The molecule has 216 valence electrons. The van der Waals surface area contributed by atoms with Crippen LogP contribution in [0.25, 0.3) is 0 Å². The Morgan fingerprint density at radius 1 is 1.15 bits per heavy atom. The molecule has 39 heavy (non-hydrogen) atoms. The average molecular weight is 562 g/mol. The van der Waals surface area contributed by atoms with Crippen molar-refractivity contribution in [1.29, 1.82) is 0 Å². The van der Waals surface area contributed by atoms with E-state index in [0.717, 1.165) is 43.4 Å². The SMILES string of the molecule is CN(CC(=O)O)C(=O)CCCCCSCC(=O)[C@@]1(O)CCC2C3CCC4=CC(=O)C=C[C@]4(C)C3[C@@H](O)C[C@@]21C. The molecule has 7 atom stereocenters. The molecule has 0 spiro atoms. The van der Waals surface area contributed by atoms with Crippen LogP contribution in [0.1, 0.15) is 71.6 Å². The molecule has 8 nitrogen and oxygen atoms in total. The molecule has 3 N–H and O–H groups in total. The van der Waals surface area contributed by atoms with Crippen molar-refractivity contribution < 1.29 is 34.5 Å². The first-order chi connectivity index (χ1) is 18.3. The van der Waals surface area contributed by atoms with E-state index in [-0.39, 0.29) is 52.9 Å². The number of carbonyl (C=O) groups is 4. The number of ketones is 2. The highest BCUT2D eigenvalue weighted by atomic mass is 32.2. The molecule has 0 radical (unpaired) electrons. The van der Waals surface area contributed by atoms with E-state index >= 15 is 0 Å². The number of hydrogen-bond donors (Lipinski definition) is 3. The second-order valence-corrected chi connectivity index (χ2v) is 13.6. The molecule has 0 aromatic heterocycles. The lowest BCUT2D eigenvalue weighted by molar-refractivity contribution is -0.174. The van der Waals surface area contributed by atoms with E-state index in [1.165, 1.54) is 23.7 Å². The summed E-state index contributed by atoms with van der Waals surface area (Å²) in [6.45, 7) is 3.82. The molecule has 3 unspecified atom stereocenters. The minimum atomic E-state index is -1.45. The van der Waals surface area contributed by atoms with Crippen molar-refractivity contribution in [1.82, 2.24) is 4.90 Å². The van der Waals surface area contributed by atoms with Gasteiger partial charge in [0.2, 0.25) is 5.91 Å². The first-order valence-corrected chi connectivity index (χ1v) is 15.4. The number of aliphatic hydroxyl groups excluding tert-OH is 1. The predicted molar refractivity (Wildman–Crippen MR) is 149 cm³/mol. The van der Waals surface area contributed by atoms with Crippen molar-refractivity contribution in [3.05, 3.63) is 23.8 Å². The zero-order valence-corrected chi connectivity index (χ0v) is 24.2. The van der Waals surface area contributed by atoms with Gasteiger partial charge in [0.1, 0.15) is 12.1 Å². The number of carboxylic acids is 1. The van der Waals surface area contributed by atoms with E-state index in [0.29, 0.717) is 25.7 Å². The van der Waals surface area contributed by atoms with Gasteiger partial charge in [0, 0.05) is 30.2 Å². The van der Waals surface area contributed by atoms with Gasteiger partial charge in [0.15, 0.2) is 11.6 Å². The van der Waals surface area contributed by atoms with Crippen molar-refractivity contribution in [2.75, 3.05) is 25.1 Å². The van der Waals surface area contributed by atoms with E-state index in [4.69, 9.17) is 5.11 Å². The highest BCUT2D eigenvalue weighted by Crippen LogP contribution is 2.67. The number of thioether (sulfide) groups is 1. The molecular weight excluding hydrogens is 518 g/mol. The first-order valence-electron chi connectivity index (χ1n) is 14.2. The molecule has 9 heteroatoms. The lowest BCUT2D eigenvalue weighted by atomic mass is 9.46. The van der Waals surface area contributed by atoms with Gasteiger partial charge in [-0.3, -0.25) is 19.2 Å². The number of likely N-dealkylation sites (N-methyl/N-ethyl adjacent to an activating group) is 1. The van der Waals surface area contributed by atoms with Crippen LogP contribution in [0.4, 0.5) is 0 Å². The third-order valence-corrected chi connectivity index (χ3v) is 11.4. The van der Waals surface area contributed by atoms with Crippen molar-refractivity contribution in [3.63, 3.8) is 0 Å². The summed E-state index contributed by atoms with van der Waals surface area (Å²) in [4.78, 5) is 49.3. The maximum Gasteiger partial charge on any atom is 0.323 e. The molecule has 3 fully saturated rings. The van der Waals surface area contributed by atoms with Crippen LogP contribution in [0.5, 0.6) is 0 Å². The van der Waals surface area contributed by atoms with Crippen molar-refractivity contribution in [3.8, 4) is 0 Å². The largest absolute Gasteiger partial charge is 0.480 e. The van der Waals surface area contributed by atoms with Crippen molar-refractivity contribution in [2.45, 2.75) is 83.3 Å². The number of unbranched alkanes of at least 4 members (excludes halogenated alkanes) is 2. The third kappa shape index (κ3) is 5.51. The van der Waals surface area contributed by atoms with Gasteiger partial charge < -0.3 is 20.2 Å². The summed E-state index contributed by atoms with van der Waals surface area (Å²) in [6.07, 6.45) is 10.5. The highest BCUT2D eigenvalue weighted by molar-refractivity contribution is 7.99. The Balaban J connectivity index is 1.30. The molecule has 3 saturated carbocycles. The van der Waals surface area contributed by atoms with E-state index < -0.39 is 23.1 Å². The summed E-state index contributed by atoms with van der Waals surface area (Å²) < 4.78 is 0. The van der Waals surface area contributed by atoms with Gasteiger partial charge in [-0.1, -0.05) is 31.9 Å². The monoisotopic (exact) mass is 561 g/mol. The Kier molecular flexibility index (Phi) is 8.84. The van der Waals surface area contributed by atoms with Crippen LogP contribution in [0.15, 0.2) is 23.8 Å². The molecule has 4 aliphatic carbocycles. The summed E-state index contributed by atoms with van der Waals surface area (Å²) in [5.41, 5.74) is -1.41. The second-order valence-electron chi connectivity index (χ2n) is 12.5. The summed E-state index contributed by atoms with van der Waals surface area (Å²) in [7, 11) is 1.49. The Hall–Kier alpha value is -1.97. The van der Waals surface area contributed by atoms with E-state index in [1.54, 1.807) is 12.2 Å². The fourth-order valence-corrected chi connectivity index (χ4v) is 9.19. The Morgan fingerprint density at radius 3 is 2.62 bits per heavy atom. The molecular formula is C30H43NO7S. The molecule has 4 aliphatic rings. The summed E-state index contributed by atoms with van der Waals surface area (Å²) in [5, 5.41) is 32.1. The summed E-state index contributed by atoms with van der Waals surface area (Å²) in [5.74, 6) is -0.0941. The molecule has 0 bridgehead atoms. The average Bonchev–Trinajstić information content (AvgIpc) is 3.13. The van der Waals surface area contributed by atoms with Crippen LogP contribution in [-0.4, -0.2) is 80.5 Å². The topological polar surface area (TPSA) is 132 Å². The third-order valence-electron chi connectivity index (χ3n) is 10.3. The Labute approximate surface area is 235 Å². The maximum absolute atomic E-state index is 13.5. The van der Waals surface area contributed by atoms with Crippen molar-refractivity contribution in [2.24, 2.45) is 28.6 Å². The lowest BCUT2D eigenvalue weighted by Gasteiger charge is -2.59. The summed E-state index contributed by atoms with van der Waals surface area (Å²) in [6, 6.07) is 0. The minimum absolute atomic E-state index is 0.00577. The molecule has 0 aliphatic heterocycles. The molecule has 0 aromatic carbocycles. The number of aliphatic carboxylic acids is 1. The van der Waals surface area contributed by atoms with Gasteiger partial charge in [0.05, 0.1) is 11.9 Å². The standard InChI is InChI=1S/C30H43NO7S/c1-28-12-10-20(32)15-19(28)8-9-21-22-11-13-30(38,29(22,2)16-23(33)27(21)28)24(34)18-39-14-6-4-5-7-25(35)31(3)17-26(36)37/h10,12,15,21-23,27,33,38H,4-9,11,13-14,16-18H2,1-3H3,(H,36,37)/t21?,22?,23-,27?,28-,29-,30-/m0/s1. The number of rotatable bonds is 11. The Bertz CT molecular complexity index is 1070. The number of fused-ring (bicyclic) bond motifs is 5. The number of carbonyl (C=O) groups excluding carboxylic acids is 3. The number of Topliss-reactive ketones (excluding diaryl/α,β-unsaturated/α-hetero) is 1. The first kappa shape index (κ1) is 30.0. The van der Waals surface area contributed by atoms with Crippen molar-refractivity contribution >= 4 is 35.2 Å². The van der Waals surface area contributed by atoms with E-state index in [9.17, 15) is 29.4 Å². The Morgan fingerprint density at radius 2 is 1.90 bits per heavy atom. The quantitative estimate of drug-likeness (QED) is 0.327. The fourth-order valence-electron chi connectivity index (χ4n) is 8.21. The van der Waals surface area contributed by atoms with Crippen LogP contribution in [-0.2, 0) is 19.2 Å². The zero-order valence-electron chi connectivity index (χ0n) is 23.4. The van der Waals surface area contributed by atoms with Crippen LogP contribution in [0.3, 0.4) is 0 Å². The van der Waals surface area contributed by atoms with Crippen LogP contribution in [0.2, 0.25) is 0 Å². The fraction of sp³-hybridized carbons (Fsp3) is 0.733. The number of allylic oxidation sites excluding steroid dienone is 4. The lowest BCUT2D eigenvalue weighted by Crippen LogP contribution is -2.61. The number of carboxylic acid groups (broad SMARTS) is 1. The van der Waals surface area contributed by atoms with Gasteiger partial charge in [-0.15, -0.1) is 0 Å².